The number of halogens is 1. The Morgan fingerprint density at radius 1 is 1.32 bits per heavy atom. The summed E-state index contributed by atoms with van der Waals surface area (Å²) in [6.07, 6.45) is 0.200. The maximum atomic E-state index is 12.0. The van der Waals surface area contributed by atoms with Gasteiger partial charge in [-0.2, -0.15) is 0 Å². The van der Waals surface area contributed by atoms with Gasteiger partial charge in [-0.3, -0.25) is 9.59 Å². The van der Waals surface area contributed by atoms with Crippen molar-refractivity contribution in [3.8, 4) is 0 Å². The average molecular weight is 283 g/mol. The van der Waals surface area contributed by atoms with Crippen LogP contribution in [0.5, 0.6) is 0 Å². The third-order valence-electron chi connectivity index (χ3n) is 2.56. The van der Waals surface area contributed by atoms with Crippen molar-refractivity contribution < 1.29 is 9.59 Å². The maximum Gasteiger partial charge on any atom is 0.239 e. The lowest BCUT2D eigenvalue weighted by molar-refractivity contribution is -0.134. The fourth-order valence-corrected chi connectivity index (χ4v) is 1.81. The predicted molar refractivity (Wildman–Crippen MR) is 76.1 cm³/mol. The molecule has 1 N–H and O–H groups in total. The molecule has 0 radical (unpaired) electrons. The molecule has 0 atom stereocenters. The lowest BCUT2D eigenvalue weighted by Gasteiger charge is -2.18. The summed E-state index contributed by atoms with van der Waals surface area (Å²) in [5.41, 5.74) is 0.769. The second-order valence-corrected chi connectivity index (χ2v) is 5.15. The van der Waals surface area contributed by atoms with E-state index in [2.05, 4.69) is 5.32 Å². The van der Waals surface area contributed by atoms with Crippen molar-refractivity contribution in [2.45, 2.75) is 26.3 Å². The van der Waals surface area contributed by atoms with Gasteiger partial charge in [-0.1, -0.05) is 29.8 Å². The van der Waals surface area contributed by atoms with Crippen LogP contribution in [0.15, 0.2) is 24.3 Å². The average Bonchev–Trinajstić information content (AvgIpc) is 2.30. The van der Waals surface area contributed by atoms with Crippen LogP contribution < -0.4 is 5.32 Å². The standard InChI is InChI=1S/C14H19ClN2O2/c1-10(2)16-13(18)9-17(3)14(19)8-11-6-4-5-7-12(11)15/h4-7,10H,8-9H2,1-3H3,(H,16,18). The minimum absolute atomic E-state index is 0.0570. The van der Waals surface area contributed by atoms with Gasteiger partial charge < -0.3 is 10.2 Å². The normalized spacial score (nSPS) is 10.4. The Kier molecular flexibility index (Phi) is 5.83. The molecule has 0 spiro atoms. The Hall–Kier alpha value is -1.55. The molecule has 1 aromatic carbocycles. The third-order valence-corrected chi connectivity index (χ3v) is 2.92. The molecule has 0 fully saturated rings. The quantitative estimate of drug-likeness (QED) is 0.896. The highest BCUT2D eigenvalue weighted by atomic mass is 35.5. The summed E-state index contributed by atoms with van der Waals surface area (Å²) in [4.78, 5) is 24.9. The van der Waals surface area contributed by atoms with Gasteiger partial charge in [0.25, 0.3) is 0 Å². The molecule has 0 saturated heterocycles. The molecule has 0 aromatic heterocycles. The molecule has 0 aliphatic rings. The zero-order chi connectivity index (χ0) is 14.4. The van der Waals surface area contributed by atoms with Crippen LogP contribution in [0.2, 0.25) is 5.02 Å². The minimum atomic E-state index is -0.162. The van der Waals surface area contributed by atoms with E-state index in [4.69, 9.17) is 11.6 Å². The zero-order valence-corrected chi connectivity index (χ0v) is 12.2. The molecule has 0 aliphatic heterocycles. The van der Waals surface area contributed by atoms with Crippen LogP contribution in [0, 0.1) is 0 Å². The van der Waals surface area contributed by atoms with Gasteiger partial charge in [-0.25, -0.2) is 0 Å². The van der Waals surface area contributed by atoms with Gasteiger partial charge in [-0.05, 0) is 25.5 Å². The first-order chi connectivity index (χ1) is 8.90. The number of amides is 2. The van der Waals surface area contributed by atoms with Crippen LogP contribution in [0.4, 0.5) is 0 Å². The number of hydrogen-bond donors (Lipinski definition) is 1. The van der Waals surface area contributed by atoms with Gasteiger partial charge in [0.1, 0.15) is 0 Å². The highest BCUT2D eigenvalue weighted by molar-refractivity contribution is 6.31. The SMILES string of the molecule is CC(C)NC(=O)CN(C)C(=O)Cc1ccccc1Cl. The van der Waals surface area contributed by atoms with E-state index in [0.717, 1.165) is 5.56 Å². The summed E-state index contributed by atoms with van der Waals surface area (Å²) in [5.74, 6) is -0.294. The molecule has 2 amide bonds. The Morgan fingerprint density at radius 2 is 1.95 bits per heavy atom. The van der Waals surface area contributed by atoms with E-state index in [1.54, 1.807) is 13.1 Å². The van der Waals surface area contributed by atoms with Crippen LogP contribution in [0.1, 0.15) is 19.4 Å². The first kappa shape index (κ1) is 15.5. The first-order valence-electron chi connectivity index (χ1n) is 6.17. The number of likely N-dealkylation sites (N-methyl/N-ethyl adjacent to an activating group) is 1. The fourth-order valence-electron chi connectivity index (χ4n) is 1.61. The van der Waals surface area contributed by atoms with Crippen LogP contribution in [-0.4, -0.2) is 36.3 Å². The van der Waals surface area contributed by atoms with Crippen molar-refractivity contribution in [3.63, 3.8) is 0 Å². The summed E-state index contributed by atoms with van der Waals surface area (Å²) < 4.78 is 0. The van der Waals surface area contributed by atoms with E-state index in [-0.39, 0.29) is 30.8 Å². The second-order valence-electron chi connectivity index (χ2n) is 4.74. The molecule has 0 unspecified atom stereocenters. The van der Waals surface area contributed by atoms with E-state index in [1.807, 2.05) is 32.0 Å². The molecular weight excluding hydrogens is 264 g/mol. The van der Waals surface area contributed by atoms with Crippen LogP contribution in [0.25, 0.3) is 0 Å². The summed E-state index contributed by atoms with van der Waals surface area (Å²) in [6, 6.07) is 7.27. The van der Waals surface area contributed by atoms with Gasteiger partial charge in [-0.15, -0.1) is 0 Å². The van der Waals surface area contributed by atoms with Crippen molar-refractivity contribution in [1.29, 1.82) is 0 Å². The second kappa shape index (κ2) is 7.14. The molecule has 0 saturated carbocycles. The van der Waals surface area contributed by atoms with E-state index in [0.29, 0.717) is 5.02 Å². The Labute approximate surface area is 118 Å². The number of carbonyl (C=O) groups excluding carboxylic acids is 2. The van der Waals surface area contributed by atoms with Gasteiger partial charge in [0, 0.05) is 18.1 Å². The summed E-state index contributed by atoms with van der Waals surface area (Å²) >= 11 is 6.00. The number of carbonyl (C=O) groups is 2. The number of hydrogen-bond acceptors (Lipinski definition) is 2. The minimum Gasteiger partial charge on any atom is -0.352 e. The summed E-state index contributed by atoms with van der Waals surface area (Å²) in [5, 5.41) is 3.31. The van der Waals surface area contributed by atoms with Gasteiger partial charge in [0.2, 0.25) is 11.8 Å². The highest BCUT2D eigenvalue weighted by Gasteiger charge is 2.14. The third kappa shape index (κ3) is 5.30. The van der Waals surface area contributed by atoms with Crippen molar-refractivity contribution in [1.82, 2.24) is 10.2 Å². The molecule has 4 nitrogen and oxygen atoms in total. The molecule has 0 heterocycles. The molecule has 0 aliphatic carbocycles. The monoisotopic (exact) mass is 282 g/mol. The summed E-state index contributed by atoms with van der Waals surface area (Å²) in [7, 11) is 1.61. The lowest BCUT2D eigenvalue weighted by atomic mass is 10.1. The van der Waals surface area contributed by atoms with Crippen molar-refractivity contribution in [3.05, 3.63) is 34.9 Å². The van der Waals surface area contributed by atoms with Crippen LogP contribution in [-0.2, 0) is 16.0 Å². The van der Waals surface area contributed by atoms with Gasteiger partial charge in [0.15, 0.2) is 0 Å². The molecule has 1 aromatic rings. The predicted octanol–water partition coefficient (Wildman–Crippen LogP) is 1.87. The number of nitrogens with zero attached hydrogens (tertiary/aromatic N) is 1. The lowest BCUT2D eigenvalue weighted by Crippen LogP contribution is -2.41. The molecule has 0 bridgehead atoms. The molecule has 1 rings (SSSR count). The molecule has 19 heavy (non-hydrogen) atoms. The van der Waals surface area contributed by atoms with Crippen molar-refractivity contribution in [2.75, 3.05) is 13.6 Å². The summed E-state index contributed by atoms with van der Waals surface area (Å²) in [6.45, 7) is 3.81. The van der Waals surface area contributed by atoms with E-state index in [9.17, 15) is 9.59 Å². The Bertz CT molecular complexity index is 461. The maximum absolute atomic E-state index is 12.0. The topological polar surface area (TPSA) is 49.4 Å². The van der Waals surface area contributed by atoms with E-state index < -0.39 is 0 Å². The number of rotatable bonds is 5. The highest BCUT2D eigenvalue weighted by Crippen LogP contribution is 2.15. The smallest absolute Gasteiger partial charge is 0.239 e. The van der Waals surface area contributed by atoms with E-state index in [1.165, 1.54) is 4.90 Å². The first-order valence-corrected chi connectivity index (χ1v) is 6.54. The largest absolute Gasteiger partial charge is 0.352 e. The van der Waals surface area contributed by atoms with Crippen LogP contribution >= 0.6 is 11.6 Å². The Balaban J connectivity index is 2.54. The van der Waals surface area contributed by atoms with Crippen LogP contribution in [0.3, 0.4) is 0 Å². The Morgan fingerprint density at radius 3 is 2.53 bits per heavy atom. The fraction of sp³-hybridized carbons (Fsp3) is 0.429. The van der Waals surface area contributed by atoms with Gasteiger partial charge >= 0.3 is 0 Å². The van der Waals surface area contributed by atoms with Gasteiger partial charge in [0.05, 0.1) is 13.0 Å². The molecule has 104 valence electrons. The number of benzene rings is 1. The molecular formula is C14H19ClN2O2. The zero-order valence-electron chi connectivity index (χ0n) is 11.4. The van der Waals surface area contributed by atoms with Crippen molar-refractivity contribution >= 4 is 23.4 Å². The number of nitrogens with one attached hydrogen (secondary N) is 1. The van der Waals surface area contributed by atoms with Crippen molar-refractivity contribution in [2.24, 2.45) is 0 Å². The van der Waals surface area contributed by atoms with E-state index >= 15 is 0 Å². The molecule has 5 heteroatoms.